The fourth-order valence-electron chi connectivity index (χ4n) is 8.93. The van der Waals surface area contributed by atoms with Gasteiger partial charge in [-0.25, -0.2) is 0 Å². The number of aliphatic hydroxyl groups is 4. The van der Waals surface area contributed by atoms with E-state index in [0.717, 1.165) is 0 Å². The predicted molar refractivity (Wildman–Crippen MR) is 203 cm³/mol. The highest BCUT2D eigenvalue weighted by molar-refractivity contribution is 5.88. The molecule has 3 rings (SSSR count). The number of aliphatic hydroxyl groups excluding tert-OH is 3. The topological polar surface area (TPSA) is 198 Å². The minimum Gasteiger partial charge on any atom is -0.459 e. The van der Waals surface area contributed by atoms with Crippen LogP contribution in [-0.2, 0) is 38.0 Å². The summed E-state index contributed by atoms with van der Waals surface area (Å²) in [5.74, 6) is -1.53. The molecule has 0 aromatic rings. The van der Waals surface area contributed by atoms with Gasteiger partial charge in [0.2, 0.25) is 0 Å². The zero-order chi connectivity index (χ0) is 41.8. The molecule has 0 aliphatic carbocycles. The molecule has 0 saturated carbocycles. The summed E-state index contributed by atoms with van der Waals surface area (Å²) in [6.45, 7) is 17.0. The second kappa shape index (κ2) is 19.2. The lowest BCUT2D eigenvalue weighted by Crippen LogP contribution is -2.61. The van der Waals surface area contributed by atoms with Crippen LogP contribution in [0.4, 0.5) is 0 Å². The lowest BCUT2D eigenvalue weighted by molar-refractivity contribution is -0.320. The Morgan fingerprint density at radius 2 is 1.60 bits per heavy atom. The van der Waals surface area contributed by atoms with Crippen LogP contribution in [0.3, 0.4) is 0 Å². The molecule has 0 aromatic carbocycles. The maximum atomic E-state index is 14.3. The first-order valence-corrected chi connectivity index (χ1v) is 19.6. The molecule has 15 heteroatoms. The van der Waals surface area contributed by atoms with Crippen molar-refractivity contribution < 1.29 is 63.6 Å². The number of carbonyl (C=O) groups is 1. The zero-order valence-corrected chi connectivity index (χ0v) is 35.2. The van der Waals surface area contributed by atoms with Crippen molar-refractivity contribution in [3.05, 3.63) is 0 Å². The van der Waals surface area contributed by atoms with Crippen LogP contribution in [-0.4, -0.2) is 154 Å². The van der Waals surface area contributed by atoms with Crippen molar-refractivity contribution in [2.75, 3.05) is 27.8 Å². The Balaban J connectivity index is 2.30. The summed E-state index contributed by atoms with van der Waals surface area (Å²) in [5.41, 5.74) is -4.22. The number of terminal acetylenes is 1. The number of esters is 1. The smallest absolute Gasteiger partial charge is 0.311 e. The van der Waals surface area contributed by atoms with E-state index in [9.17, 15) is 30.4 Å². The van der Waals surface area contributed by atoms with Crippen molar-refractivity contribution >= 4 is 11.7 Å². The molecular formula is C40H70N2O13. The highest BCUT2D eigenvalue weighted by Crippen LogP contribution is 2.42. The lowest BCUT2D eigenvalue weighted by Gasteiger charge is -2.50. The van der Waals surface area contributed by atoms with Crippen molar-refractivity contribution in [1.29, 1.82) is 0 Å². The van der Waals surface area contributed by atoms with Crippen molar-refractivity contribution in [1.82, 2.24) is 4.90 Å². The maximum absolute atomic E-state index is 14.3. The van der Waals surface area contributed by atoms with Crippen molar-refractivity contribution in [2.24, 2.45) is 28.8 Å². The third-order valence-electron chi connectivity index (χ3n) is 12.4. The van der Waals surface area contributed by atoms with E-state index in [0.29, 0.717) is 6.42 Å². The van der Waals surface area contributed by atoms with E-state index in [2.05, 4.69) is 11.1 Å². The van der Waals surface area contributed by atoms with Gasteiger partial charge in [-0.05, 0) is 74.9 Å². The van der Waals surface area contributed by atoms with E-state index in [4.69, 9.17) is 39.6 Å². The van der Waals surface area contributed by atoms with E-state index >= 15 is 0 Å². The Morgan fingerprint density at radius 3 is 2.15 bits per heavy atom. The summed E-state index contributed by atoms with van der Waals surface area (Å²) in [7, 11) is 5.23. The standard InChI is InChI=1S/C40H70N2O13/c1-15-17-50-39(10)19-21(3)30(41-48)23(5)33(44)40(11,47)28(16-2)53-36(46)25(7)32(54-29-20-38(9,49-14)34(45)26(8)52-29)24(6)35(39)55-37-31(43)27(42(12)13)18-22(4)51-37/h1,21-29,31-35,37,43-45,47-48H,16-20H2,2-14H3/b41-30+/t21-,22-,23-,24+,25-,26+,27+,28+,29+,31-,32+,33-,34+,35-,37+,38-,39+,40-/m1/s1. The first-order valence-electron chi connectivity index (χ1n) is 19.6. The number of likely N-dealkylation sites (N-methyl/N-ethyl adjacent to an activating group) is 1. The van der Waals surface area contributed by atoms with E-state index < -0.39 is 102 Å². The summed E-state index contributed by atoms with van der Waals surface area (Å²) in [5, 5.41) is 60.1. The Labute approximate surface area is 327 Å². The summed E-state index contributed by atoms with van der Waals surface area (Å²) >= 11 is 0. The van der Waals surface area contributed by atoms with Crippen LogP contribution in [0.15, 0.2) is 5.16 Å². The minimum atomic E-state index is -1.97. The van der Waals surface area contributed by atoms with Crippen LogP contribution in [0.2, 0.25) is 0 Å². The van der Waals surface area contributed by atoms with E-state index in [1.165, 1.54) is 14.0 Å². The summed E-state index contributed by atoms with van der Waals surface area (Å²) in [6, 6.07) is -0.315. The molecule has 0 amide bonds. The van der Waals surface area contributed by atoms with Gasteiger partial charge in [0.25, 0.3) is 0 Å². The van der Waals surface area contributed by atoms with Gasteiger partial charge in [-0.3, -0.25) is 4.79 Å². The van der Waals surface area contributed by atoms with Gasteiger partial charge < -0.3 is 63.7 Å². The van der Waals surface area contributed by atoms with Gasteiger partial charge in [0, 0.05) is 37.3 Å². The lowest BCUT2D eigenvalue weighted by atomic mass is 9.73. The second-order valence-electron chi connectivity index (χ2n) is 17.0. The number of hydrogen-bond donors (Lipinski definition) is 5. The minimum absolute atomic E-state index is 0.103. The van der Waals surface area contributed by atoms with E-state index in [-0.39, 0.29) is 43.7 Å². The van der Waals surface area contributed by atoms with Gasteiger partial charge in [0.1, 0.15) is 30.5 Å². The normalized spacial score (nSPS) is 47.5. The highest BCUT2D eigenvalue weighted by Gasteiger charge is 2.54. The maximum Gasteiger partial charge on any atom is 0.311 e. The monoisotopic (exact) mass is 786 g/mol. The number of nitrogens with zero attached hydrogens (tertiary/aromatic N) is 2. The Hall–Kier alpha value is -1.94. The molecule has 318 valence electrons. The number of hydrogen-bond acceptors (Lipinski definition) is 15. The van der Waals surface area contributed by atoms with Gasteiger partial charge in [-0.1, -0.05) is 38.8 Å². The first-order chi connectivity index (χ1) is 25.5. The third-order valence-corrected chi connectivity index (χ3v) is 12.4. The SMILES string of the molecule is C#CCO[C@@]1(C)C[C@@H](C)/C(=N\O)[C@@H](C)[C@@H](O)[C@](C)(O)[C@H](CC)OC(=O)[C@H](C)[C@@H](O[C@H]2C[C@@](C)(OC)[C@@H](O)[C@H](C)O2)[C@H](C)[C@H]1O[C@@H]1O[C@H](C)C[C@H](N(C)C)[C@H]1O. The summed E-state index contributed by atoms with van der Waals surface area (Å²) in [4.78, 5) is 16.2. The molecule has 3 heterocycles. The number of oxime groups is 1. The molecule has 5 N–H and O–H groups in total. The molecule has 18 atom stereocenters. The molecule has 0 spiro atoms. The molecule has 55 heavy (non-hydrogen) atoms. The fraction of sp³-hybridized carbons (Fsp3) is 0.900. The number of carbonyl (C=O) groups excluding carboxylic acids is 1. The molecule has 15 nitrogen and oxygen atoms in total. The van der Waals surface area contributed by atoms with Gasteiger partial charge in [-0.2, -0.15) is 0 Å². The van der Waals surface area contributed by atoms with Crippen LogP contribution in [0.1, 0.15) is 94.9 Å². The van der Waals surface area contributed by atoms with Gasteiger partial charge >= 0.3 is 5.97 Å². The molecule has 3 aliphatic rings. The Morgan fingerprint density at radius 1 is 0.964 bits per heavy atom. The molecule has 3 fully saturated rings. The predicted octanol–water partition coefficient (Wildman–Crippen LogP) is 2.70. The third kappa shape index (κ3) is 10.4. The van der Waals surface area contributed by atoms with Crippen molar-refractivity contribution in [3.63, 3.8) is 0 Å². The number of cyclic esters (lactones) is 1. The van der Waals surface area contributed by atoms with Gasteiger partial charge in [0.05, 0.1) is 53.4 Å². The fourth-order valence-corrected chi connectivity index (χ4v) is 8.93. The van der Waals surface area contributed by atoms with E-state index in [1.54, 1.807) is 48.5 Å². The van der Waals surface area contributed by atoms with Crippen LogP contribution in [0, 0.1) is 36.0 Å². The molecule has 0 unspecified atom stereocenters. The molecule has 0 aromatic heterocycles. The Bertz CT molecular complexity index is 1330. The van der Waals surface area contributed by atoms with Gasteiger partial charge in [-0.15, -0.1) is 6.42 Å². The van der Waals surface area contributed by atoms with Crippen molar-refractivity contribution in [3.8, 4) is 12.3 Å². The number of rotatable bonds is 9. The highest BCUT2D eigenvalue weighted by atomic mass is 16.7. The second-order valence-corrected chi connectivity index (χ2v) is 17.0. The van der Waals surface area contributed by atoms with Crippen LogP contribution in [0.5, 0.6) is 0 Å². The van der Waals surface area contributed by atoms with Crippen molar-refractivity contribution in [2.45, 2.75) is 179 Å². The average Bonchev–Trinajstić information content (AvgIpc) is 3.12. The van der Waals surface area contributed by atoms with Crippen LogP contribution >= 0.6 is 0 Å². The molecule has 3 aliphatic heterocycles. The molecule has 0 bridgehead atoms. The number of methoxy groups -OCH3 is 1. The summed E-state index contributed by atoms with van der Waals surface area (Å²) in [6.07, 6.45) is -3.32. The molecule has 0 radical (unpaired) electrons. The zero-order valence-electron chi connectivity index (χ0n) is 35.2. The molecule has 3 saturated heterocycles. The van der Waals surface area contributed by atoms with Crippen LogP contribution in [0.25, 0.3) is 0 Å². The summed E-state index contributed by atoms with van der Waals surface area (Å²) < 4.78 is 44.4. The van der Waals surface area contributed by atoms with E-state index in [1.807, 2.05) is 32.8 Å². The molecular weight excluding hydrogens is 716 g/mol. The average molecular weight is 787 g/mol. The van der Waals surface area contributed by atoms with Gasteiger partial charge in [0.15, 0.2) is 12.6 Å². The number of ether oxygens (including phenoxy) is 7. The van der Waals surface area contributed by atoms with Crippen LogP contribution < -0.4 is 0 Å². The largest absolute Gasteiger partial charge is 0.459 e. The quantitative estimate of drug-likeness (QED) is 0.0990. The Kier molecular flexibility index (Phi) is 16.6. The first kappa shape index (κ1) is 47.4.